The van der Waals surface area contributed by atoms with Crippen LogP contribution in [0.3, 0.4) is 0 Å². The minimum absolute atomic E-state index is 0.121. The summed E-state index contributed by atoms with van der Waals surface area (Å²) in [6.07, 6.45) is 0. The summed E-state index contributed by atoms with van der Waals surface area (Å²) in [5.74, 6) is 0.894. The molecule has 0 unspecified atom stereocenters. The maximum atomic E-state index is 12.2. The number of benzene rings is 2. The van der Waals surface area contributed by atoms with Crippen LogP contribution in [0.2, 0.25) is 5.02 Å². The molecule has 1 aromatic heterocycles. The van der Waals surface area contributed by atoms with Crippen molar-refractivity contribution in [2.45, 2.75) is 25.9 Å². The molecule has 0 aliphatic carbocycles. The van der Waals surface area contributed by atoms with Gasteiger partial charge in [-0.25, -0.2) is 0 Å². The molecular formula is C19H19ClN4OS. The number of aromatic nitrogens is 3. The summed E-state index contributed by atoms with van der Waals surface area (Å²) in [5.41, 5.74) is 4.10. The van der Waals surface area contributed by atoms with Gasteiger partial charge in [-0.3, -0.25) is 9.36 Å². The molecule has 3 aromatic rings. The number of halogens is 1. The number of anilines is 1. The van der Waals surface area contributed by atoms with Crippen molar-refractivity contribution in [3.63, 3.8) is 0 Å². The molecule has 0 spiro atoms. The van der Waals surface area contributed by atoms with Crippen LogP contribution in [0.1, 0.15) is 17.0 Å². The first kappa shape index (κ1) is 18.5. The number of carbonyl (C=O) groups excluding carboxylic acids is 1. The molecule has 0 bridgehead atoms. The fourth-order valence-corrected chi connectivity index (χ4v) is 3.48. The van der Waals surface area contributed by atoms with Gasteiger partial charge in [0.15, 0.2) is 5.16 Å². The van der Waals surface area contributed by atoms with E-state index in [-0.39, 0.29) is 11.7 Å². The van der Waals surface area contributed by atoms with Gasteiger partial charge in [0.25, 0.3) is 0 Å². The van der Waals surface area contributed by atoms with E-state index in [0.29, 0.717) is 15.9 Å². The largest absolute Gasteiger partial charge is 0.325 e. The summed E-state index contributed by atoms with van der Waals surface area (Å²) < 4.78 is 1.96. The molecule has 3 rings (SSSR count). The number of nitrogens with one attached hydrogen (secondary N) is 1. The van der Waals surface area contributed by atoms with Gasteiger partial charge < -0.3 is 5.32 Å². The van der Waals surface area contributed by atoms with E-state index in [0.717, 1.165) is 11.5 Å². The molecule has 26 heavy (non-hydrogen) atoms. The highest BCUT2D eigenvalue weighted by atomic mass is 35.5. The minimum Gasteiger partial charge on any atom is -0.325 e. The minimum atomic E-state index is -0.121. The lowest BCUT2D eigenvalue weighted by Crippen LogP contribution is -2.14. The monoisotopic (exact) mass is 386 g/mol. The number of thioether (sulfide) groups is 1. The van der Waals surface area contributed by atoms with Gasteiger partial charge in [0.05, 0.1) is 5.75 Å². The normalized spacial score (nSPS) is 10.8. The van der Waals surface area contributed by atoms with E-state index in [1.54, 1.807) is 24.3 Å². The third kappa shape index (κ3) is 4.26. The zero-order valence-electron chi connectivity index (χ0n) is 14.8. The van der Waals surface area contributed by atoms with Crippen LogP contribution < -0.4 is 5.32 Å². The van der Waals surface area contributed by atoms with Crippen molar-refractivity contribution < 1.29 is 4.79 Å². The Morgan fingerprint density at radius 1 is 1.12 bits per heavy atom. The zero-order chi connectivity index (χ0) is 18.7. The summed E-state index contributed by atoms with van der Waals surface area (Å²) in [5, 5.41) is 12.5. The van der Waals surface area contributed by atoms with E-state index in [1.807, 2.05) is 17.6 Å². The van der Waals surface area contributed by atoms with Gasteiger partial charge in [-0.05, 0) is 62.2 Å². The Morgan fingerprint density at radius 3 is 2.65 bits per heavy atom. The number of rotatable bonds is 5. The van der Waals surface area contributed by atoms with E-state index < -0.39 is 0 Å². The summed E-state index contributed by atoms with van der Waals surface area (Å²) in [6, 6.07) is 13.3. The van der Waals surface area contributed by atoms with E-state index in [9.17, 15) is 4.79 Å². The summed E-state index contributed by atoms with van der Waals surface area (Å²) in [7, 11) is 0. The predicted octanol–water partition coefficient (Wildman–Crippen LogP) is 4.58. The van der Waals surface area contributed by atoms with Gasteiger partial charge in [0.2, 0.25) is 5.91 Å². The van der Waals surface area contributed by atoms with Crippen LogP contribution in [0.15, 0.2) is 47.6 Å². The molecule has 5 nitrogen and oxygen atoms in total. The second kappa shape index (κ2) is 7.93. The van der Waals surface area contributed by atoms with Crippen LogP contribution in [0, 0.1) is 20.8 Å². The Bertz CT molecular complexity index is 954. The fourth-order valence-electron chi connectivity index (χ4n) is 2.49. The van der Waals surface area contributed by atoms with Crippen LogP contribution >= 0.6 is 23.4 Å². The van der Waals surface area contributed by atoms with Gasteiger partial charge in [0.1, 0.15) is 5.82 Å². The van der Waals surface area contributed by atoms with Crippen LogP contribution in [0.5, 0.6) is 0 Å². The standard InChI is InChI=1S/C19H19ClN4OS/c1-12-7-8-17(9-13(12)2)24-14(3)22-23-19(24)26-11-18(25)21-16-6-4-5-15(20)10-16/h4-10H,11H2,1-3H3,(H,21,25). The Morgan fingerprint density at radius 2 is 1.92 bits per heavy atom. The summed E-state index contributed by atoms with van der Waals surface area (Å²) in [6.45, 7) is 6.05. The summed E-state index contributed by atoms with van der Waals surface area (Å²) >= 11 is 7.29. The highest BCUT2D eigenvalue weighted by Crippen LogP contribution is 2.24. The Balaban J connectivity index is 1.73. The van der Waals surface area contributed by atoms with Crippen molar-refractivity contribution >= 4 is 35.0 Å². The zero-order valence-corrected chi connectivity index (χ0v) is 16.4. The lowest BCUT2D eigenvalue weighted by atomic mass is 10.1. The molecule has 0 saturated heterocycles. The maximum Gasteiger partial charge on any atom is 0.234 e. The molecule has 134 valence electrons. The van der Waals surface area contributed by atoms with Gasteiger partial charge >= 0.3 is 0 Å². The number of hydrogen-bond acceptors (Lipinski definition) is 4. The SMILES string of the molecule is Cc1ccc(-n2c(C)nnc2SCC(=O)Nc2cccc(Cl)c2)cc1C. The number of nitrogens with zero attached hydrogens (tertiary/aromatic N) is 3. The topological polar surface area (TPSA) is 59.8 Å². The first-order chi connectivity index (χ1) is 12.4. The maximum absolute atomic E-state index is 12.2. The van der Waals surface area contributed by atoms with Crippen molar-refractivity contribution in [3.05, 3.63) is 64.4 Å². The average Bonchev–Trinajstić information content (AvgIpc) is 2.96. The second-order valence-electron chi connectivity index (χ2n) is 5.98. The molecular weight excluding hydrogens is 368 g/mol. The number of aryl methyl sites for hydroxylation is 3. The van der Waals surface area contributed by atoms with E-state index in [4.69, 9.17) is 11.6 Å². The lowest BCUT2D eigenvalue weighted by Gasteiger charge is -2.10. The molecule has 1 N–H and O–H groups in total. The lowest BCUT2D eigenvalue weighted by molar-refractivity contribution is -0.113. The van der Waals surface area contributed by atoms with Crippen LogP contribution in [-0.2, 0) is 4.79 Å². The fraction of sp³-hybridized carbons (Fsp3) is 0.211. The number of amides is 1. The smallest absolute Gasteiger partial charge is 0.234 e. The third-order valence-electron chi connectivity index (χ3n) is 3.98. The van der Waals surface area contributed by atoms with Gasteiger partial charge in [-0.15, -0.1) is 10.2 Å². The average molecular weight is 387 g/mol. The molecule has 2 aromatic carbocycles. The quantitative estimate of drug-likeness (QED) is 0.652. The van der Waals surface area contributed by atoms with E-state index in [2.05, 4.69) is 41.5 Å². The van der Waals surface area contributed by atoms with Crippen molar-refractivity contribution in [3.8, 4) is 5.69 Å². The van der Waals surface area contributed by atoms with Gasteiger partial charge in [-0.1, -0.05) is 35.5 Å². The van der Waals surface area contributed by atoms with Crippen molar-refractivity contribution in [1.82, 2.24) is 14.8 Å². The van der Waals surface area contributed by atoms with Crippen LogP contribution in [0.4, 0.5) is 5.69 Å². The molecule has 0 aliphatic rings. The number of carbonyl (C=O) groups is 1. The molecule has 1 heterocycles. The highest BCUT2D eigenvalue weighted by molar-refractivity contribution is 7.99. The van der Waals surface area contributed by atoms with Gasteiger partial charge in [0, 0.05) is 16.4 Å². The van der Waals surface area contributed by atoms with E-state index in [1.165, 1.54) is 22.9 Å². The van der Waals surface area contributed by atoms with Gasteiger partial charge in [-0.2, -0.15) is 0 Å². The van der Waals surface area contributed by atoms with Crippen molar-refractivity contribution in [2.24, 2.45) is 0 Å². The molecule has 0 atom stereocenters. The molecule has 0 fully saturated rings. The van der Waals surface area contributed by atoms with Crippen LogP contribution in [-0.4, -0.2) is 26.4 Å². The Labute approximate surface area is 161 Å². The summed E-state index contributed by atoms with van der Waals surface area (Å²) in [4.78, 5) is 12.2. The van der Waals surface area contributed by atoms with Crippen molar-refractivity contribution in [2.75, 3.05) is 11.1 Å². The second-order valence-corrected chi connectivity index (χ2v) is 7.36. The Kier molecular flexibility index (Phi) is 5.64. The predicted molar refractivity (Wildman–Crippen MR) is 106 cm³/mol. The highest BCUT2D eigenvalue weighted by Gasteiger charge is 2.14. The van der Waals surface area contributed by atoms with Crippen LogP contribution in [0.25, 0.3) is 5.69 Å². The Hall–Kier alpha value is -2.31. The first-order valence-corrected chi connectivity index (χ1v) is 9.48. The van der Waals surface area contributed by atoms with E-state index >= 15 is 0 Å². The number of hydrogen-bond donors (Lipinski definition) is 1. The third-order valence-corrected chi connectivity index (χ3v) is 5.15. The molecule has 1 amide bonds. The molecule has 0 radical (unpaired) electrons. The van der Waals surface area contributed by atoms with Crippen molar-refractivity contribution in [1.29, 1.82) is 0 Å². The molecule has 0 aliphatic heterocycles. The molecule has 0 saturated carbocycles. The first-order valence-electron chi connectivity index (χ1n) is 8.12. The molecule has 7 heteroatoms.